The van der Waals surface area contributed by atoms with Gasteiger partial charge in [-0.15, -0.1) is 26.3 Å². The maximum atomic E-state index is 3.00. The van der Waals surface area contributed by atoms with Gasteiger partial charge >= 0.3 is 19.5 Å². The minimum Gasteiger partial charge on any atom is -0.106 e. The van der Waals surface area contributed by atoms with E-state index in [0.29, 0.717) is 0 Å². The molecule has 0 spiro atoms. The summed E-state index contributed by atoms with van der Waals surface area (Å²) in [5, 5.41) is 0. The molecule has 0 rings (SSSR count). The van der Waals surface area contributed by atoms with Gasteiger partial charge < -0.3 is 0 Å². The van der Waals surface area contributed by atoms with Gasteiger partial charge in [0.2, 0.25) is 0 Å². The fourth-order valence-electron chi connectivity index (χ4n) is 0. The van der Waals surface area contributed by atoms with Gasteiger partial charge in [0.1, 0.15) is 0 Å². The van der Waals surface area contributed by atoms with E-state index in [0.717, 1.165) is 0 Å². The second kappa shape index (κ2) is 3700. The van der Waals surface area contributed by atoms with E-state index in [-0.39, 0.29) is 19.5 Å². The van der Waals surface area contributed by atoms with E-state index in [1.165, 1.54) is 0 Å². The average Bonchev–Trinajstić information content (AvgIpc) is 1.50. The van der Waals surface area contributed by atoms with Crippen LogP contribution in [0.15, 0.2) is 26.3 Å². The molecule has 0 fully saturated rings. The molecule has 0 aromatic rings. The molecule has 0 aliphatic heterocycles. The number of hydrogen-bond acceptors (Lipinski definition) is 0. The first kappa shape index (κ1) is 19.4. The second-order valence-electron chi connectivity index (χ2n) is 0. The third-order valence-corrected chi connectivity index (χ3v) is 0. The van der Waals surface area contributed by atoms with Gasteiger partial charge in [-0.2, -0.15) is 0 Å². The van der Waals surface area contributed by atoms with Gasteiger partial charge in [-0.3, -0.25) is 0 Å². The van der Waals surface area contributed by atoms with Crippen molar-refractivity contribution >= 4 is 0 Å². The summed E-state index contributed by atoms with van der Waals surface area (Å²) < 4.78 is 0. The SMILES string of the molecule is C=C.C=C.[Rh+2]. The van der Waals surface area contributed by atoms with Crippen molar-refractivity contribution in [2.75, 3.05) is 0 Å². The summed E-state index contributed by atoms with van der Waals surface area (Å²) in [6.07, 6.45) is 0. The third-order valence-electron chi connectivity index (χ3n) is 0. The average molecular weight is 159 g/mol. The Morgan fingerprint density at radius 1 is 0.600 bits per heavy atom. The van der Waals surface area contributed by atoms with Crippen molar-refractivity contribution in [2.24, 2.45) is 0 Å². The van der Waals surface area contributed by atoms with Gasteiger partial charge in [-0.1, -0.05) is 0 Å². The van der Waals surface area contributed by atoms with E-state index >= 15 is 0 Å². The number of rotatable bonds is 0. The molecule has 0 nitrogen and oxygen atoms in total. The number of hydrogen-bond donors (Lipinski definition) is 0. The Kier molecular flexibility index (Phi) is 14400. The van der Waals surface area contributed by atoms with Crippen LogP contribution in [0.3, 0.4) is 0 Å². The standard InChI is InChI=1S/2C2H4.Rh/c2*1-2;/h2*1-2H2;/q;;+2. The van der Waals surface area contributed by atoms with Crippen molar-refractivity contribution in [1.82, 2.24) is 0 Å². The van der Waals surface area contributed by atoms with E-state index in [2.05, 4.69) is 26.3 Å². The summed E-state index contributed by atoms with van der Waals surface area (Å²) in [4.78, 5) is 0. The summed E-state index contributed by atoms with van der Waals surface area (Å²) in [7, 11) is 0. The van der Waals surface area contributed by atoms with Gasteiger partial charge in [0.15, 0.2) is 0 Å². The normalized spacial score (nSPS) is 1.60. The van der Waals surface area contributed by atoms with Crippen molar-refractivity contribution in [3.63, 3.8) is 0 Å². The molecule has 0 N–H and O–H groups in total. The monoisotopic (exact) mass is 159 g/mol. The molecule has 0 unspecified atom stereocenters. The Morgan fingerprint density at radius 3 is 0.600 bits per heavy atom. The zero-order valence-corrected chi connectivity index (χ0v) is 4.80. The maximum absolute atomic E-state index is 3.00. The van der Waals surface area contributed by atoms with Crippen molar-refractivity contribution < 1.29 is 19.5 Å². The van der Waals surface area contributed by atoms with E-state index in [1.54, 1.807) is 0 Å². The molecule has 0 saturated heterocycles. The maximum Gasteiger partial charge on any atom is 2.00 e. The van der Waals surface area contributed by atoms with Gasteiger partial charge in [0.05, 0.1) is 0 Å². The zero-order valence-electron chi connectivity index (χ0n) is 3.16. The Labute approximate surface area is 46.3 Å². The van der Waals surface area contributed by atoms with Crippen LogP contribution < -0.4 is 0 Å². The molecular weight excluding hydrogens is 151 g/mol. The van der Waals surface area contributed by atoms with E-state index in [9.17, 15) is 0 Å². The molecule has 0 aromatic carbocycles. The molecule has 0 aliphatic rings. The molecule has 0 saturated carbocycles. The first-order chi connectivity index (χ1) is 2.00. The smallest absolute Gasteiger partial charge is 0.106 e. The van der Waals surface area contributed by atoms with Gasteiger partial charge in [-0.05, 0) is 0 Å². The summed E-state index contributed by atoms with van der Waals surface area (Å²) in [5.41, 5.74) is 0. The molecule has 5 heavy (non-hydrogen) atoms. The third kappa shape index (κ3) is 1700. The predicted octanol–water partition coefficient (Wildman–Crippen LogP) is 1.60. The van der Waals surface area contributed by atoms with Crippen LogP contribution in [0.5, 0.6) is 0 Å². The van der Waals surface area contributed by atoms with E-state index in [4.69, 9.17) is 0 Å². The molecule has 31 valence electrons. The minimum atomic E-state index is 0. The molecule has 0 atom stereocenters. The van der Waals surface area contributed by atoms with Crippen LogP contribution in [0.1, 0.15) is 0 Å². The van der Waals surface area contributed by atoms with Crippen molar-refractivity contribution in [1.29, 1.82) is 0 Å². The zero-order chi connectivity index (χ0) is 4.00. The van der Waals surface area contributed by atoms with Crippen molar-refractivity contribution in [2.45, 2.75) is 0 Å². The van der Waals surface area contributed by atoms with Crippen LogP contribution in [-0.4, -0.2) is 0 Å². The van der Waals surface area contributed by atoms with Crippen LogP contribution in [0.2, 0.25) is 0 Å². The van der Waals surface area contributed by atoms with Crippen LogP contribution in [0.25, 0.3) is 0 Å². The van der Waals surface area contributed by atoms with Crippen molar-refractivity contribution in [3.8, 4) is 0 Å². The topological polar surface area (TPSA) is 0 Å². The second-order valence-corrected chi connectivity index (χ2v) is 0. The largest absolute Gasteiger partial charge is 2.00 e. The quantitative estimate of drug-likeness (QED) is 0.372. The molecule has 0 bridgehead atoms. The first-order valence-corrected chi connectivity index (χ1v) is 1.000. The van der Waals surface area contributed by atoms with Crippen LogP contribution in [0, 0.1) is 0 Å². The van der Waals surface area contributed by atoms with Gasteiger partial charge in [-0.25, -0.2) is 0 Å². The van der Waals surface area contributed by atoms with Gasteiger partial charge in [0.25, 0.3) is 0 Å². The van der Waals surface area contributed by atoms with Crippen LogP contribution in [-0.2, 0) is 19.5 Å². The van der Waals surface area contributed by atoms with Gasteiger partial charge in [0, 0.05) is 0 Å². The van der Waals surface area contributed by atoms with E-state index in [1.807, 2.05) is 0 Å². The molecule has 1 radical (unpaired) electrons. The Balaban J connectivity index is -0.0000000133. The van der Waals surface area contributed by atoms with Crippen LogP contribution in [0.4, 0.5) is 0 Å². The van der Waals surface area contributed by atoms with Crippen LogP contribution >= 0.6 is 0 Å². The summed E-state index contributed by atoms with van der Waals surface area (Å²) in [5.74, 6) is 0. The fraction of sp³-hybridized carbons (Fsp3) is 0. The summed E-state index contributed by atoms with van der Waals surface area (Å²) >= 11 is 0. The van der Waals surface area contributed by atoms with E-state index < -0.39 is 0 Å². The molecule has 0 aromatic heterocycles. The molecule has 0 amide bonds. The molecule has 1 heteroatoms. The molecular formula is C4H8Rh+2. The van der Waals surface area contributed by atoms with Crippen molar-refractivity contribution in [3.05, 3.63) is 26.3 Å². The Hall–Kier alpha value is 0.103. The molecule has 0 heterocycles. The molecule has 0 aliphatic carbocycles. The first-order valence-electron chi connectivity index (χ1n) is 1.000. The fourth-order valence-corrected chi connectivity index (χ4v) is 0. The summed E-state index contributed by atoms with van der Waals surface area (Å²) in [6.45, 7) is 12.0. The summed E-state index contributed by atoms with van der Waals surface area (Å²) in [6, 6.07) is 0. The Bertz CT molecular complexity index is 5.61. The predicted molar refractivity (Wildman–Crippen MR) is 22.5 cm³/mol. The Morgan fingerprint density at radius 2 is 0.600 bits per heavy atom. The minimum absolute atomic E-state index is 0.